The third kappa shape index (κ3) is 4.01. The second kappa shape index (κ2) is 7.15. The van der Waals surface area contributed by atoms with Crippen LogP contribution in [0.1, 0.15) is 22.8 Å². The molecule has 3 N–H and O–H groups in total. The Kier molecular flexibility index (Phi) is 5.23. The second-order valence-electron chi connectivity index (χ2n) is 4.69. The number of benzene rings is 2. The Morgan fingerprint density at radius 3 is 2.61 bits per heavy atom. The predicted octanol–water partition coefficient (Wildman–Crippen LogP) is 3.02. The van der Waals surface area contributed by atoms with Gasteiger partial charge >= 0.3 is 0 Å². The maximum atomic E-state index is 12.1. The van der Waals surface area contributed by atoms with Gasteiger partial charge in [0.05, 0.1) is 17.3 Å². The summed E-state index contributed by atoms with van der Waals surface area (Å²) < 4.78 is 5.75. The fourth-order valence-corrected chi connectivity index (χ4v) is 2.42. The van der Waals surface area contributed by atoms with E-state index in [-0.39, 0.29) is 11.5 Å². The SMILES string of the molecule is COc1ccc(C(=O)N/N=C(/C)c2cc(O)ccc2O)cc1Br. The molecule has 7 heteroatoms. The maximum absolute atomic E-state index is 12.1. The number of amides is 1. The van der Waals surface area contributed by atoms with Gasteiger partial charge in [-0.05, 0) is 59.3 Å². The molecule has 0 fully saturated rings. The summed E-state index contributed by atoms with van der Waals surface area (Å²) in [6, 6.07) is 8.97. The minimum absolute atomic E-state index is 0.00207. The molecule has 0 atom stereocenters. The molecule has 1 amide bonds. The number of carbonyl (C=O) groups is 1. The molecule has 0 spiro atoms. The summed E-state index contributed by atoms with van der Waals surface area (Å²) in [5.41, 5.74) is 3.50. The summed E-state index contributed by atoms with van der Waals surface area (Å²) in [4.78, 5) is 12.1. The van der Waals surface area contributed by atoms with E-state index in [9.17, 15) is 15.0 Å². The second-order valence-corrected chi connectivity index (χ2v) is 5.54. The van der Waals surface area contributed by atoms with Crippen LogP contribution >= 0.6 is 15.9 Å². The zero-order valence-corrected chi connectivity index (χ0v) is 14.1. The number of phenolic OH excluding ortho intramolecular Hbond substituents is 2. The number of carbonyl (C=O) groups excluding carboxylic acids is 1. The molecule has 0 aliphatic carbocycles. The molecule has 23 heavy (non-hydrogen) atoms. The fourth-order valence-electron chi connectivity index (χ4n) is 1.88. The highest BCUT2D eigenvalue weighted by Crippen LogP contribution is 2.25. The van der Waals surface area contributed by atoms with Gasteiger partial charge in [0.15, 0.2) is 0 Å². The molecule has 2 aromatic rings. The van der Waals surface area contributed by atoms with Crippen LogP contribution in [0.25, 0.3) is 0 Å². The molecule has 0 unspecified atom stereocenters. The largest absolute Gasteiger partial charge is 0.508 e. The molecule has 2 rings (SSSR count). The van der Waals surface area contributed by atoms with Gasteiger partial charge < -0.3 is 14.9 Å². The number of rotatable bonds is 4. The molecular formula is C16H15BrN2O4. The van der Waals surface area contributed by atoms with Gasteiger partial charge in [-0.15, -0.1) is 0 Å². The first kappa shape index (κ1) is 16.8. The van der Waals surface area contributed by atoms with E-state index < -0.39 is 5.91 Å². The maximum Gasteiger partial charge on any atom is 0.271 e. The zero-order valence-electron chi connectivity index (χ0n) is 12.5. The molecule has 2 aromatic carbocycles. The Morgan fingerprint density at radius 2 is 1.96 bits per heavy atom. The third-order valence-electron chi connectivity index (χ3n) is 3.11. The molecule has 6 nitrogen and oxygen atoms in total. The van der Waals surface area contributed by atoms with Gasteiger partial charge in [0.2, 0.25) is 0 Å². The highest BCUT2D eigenvalue weighted by molar-refractivity contribution is 9.10. The van der Waals surface area contributed by atoms with Crippen LogP contribution in [-0.4, -0.2) is 28.9 Å². The molecule has 0 saturated heterocycles. The first-order valence-corrected chi connectivity index (χ1v) is 7.42. The van der Waals surface area contributed by atoms with Crippen LogP contribution in [0.2, 0.25) is 0 Å². The molecule has 0 radical (unpaired) electrons. The molecule has 0 aliphatic heterocycles. The van der Waals surface area contributed by atoms with Gasteiger partial charge in [-0.25, -0.2) is 5.43 Å². The lowest BCUT2D eigenvalue weighted by molar-refractivity contribution is 0.0954. The molecule has 0 heterocycles. The first-order valence-electron chi connectivity index (χ1n) is 6.63. The molecule has 120 valence electrons. The van der Waals surface area contributed by atoms with Crippen molar-refractivity contribution in [1.82, 2.24) is 5.43 Å². The van der Waals surface area contributed by atoms with E-state index in [0.29, 0.717) is 27.1 Å². The van der Waals surface area contributed by atoms with Crippen LogP contribution in [0.5, 0.6) is 17.2 Å². The van der Waals surface area contributed by atoms with Crippen molar-refractivity contribution in [1.29, 1.82) is 0 Å². The van der Waals surface area contributed by atoms with Crippen LogP contribution in [-0.2, 0) is 0 Å². The Labute approximate surface area is 141 Å². The number of aromatic hydroxyl groups is 2. The van der Waals surface area contributed by atoms with Gasteiger partial charge in [0.25, 0.3) is 5.91 Å². The number of hydrogen-bond acceptors (Lipinski definition) is 5. The highest BCUT2D eigenvalue weighted by atomic mass is 79.9. The topological polar surface area (TPSA) is 91.2 Å². The van der Waals surface area contributed by atoms with Crippen molar-refractivity contribution in [2.24, 2.45) is 5.10 Å². The standard InChI is InChI=1S/C16H15BrN2O4/c1-9(12-8-11(20)4-5-14(12)21)18-19-16(22)10-3-6-15(23-2)13(17)7-10/h3-8,20-21H,1-2H3,(H,19,22)/b18-9-. The van der Waals surface area contributed by atoms with Gasteiger partial charge in [0.1, 0.15) is 17.2 Å². The van der Waals surface area contributed by atoms with E-state index >= 15 is 0 Å². The van der Waals surface area contributed by atoms with Crippen molar-refractivity contribution in [3.8, 4) is 17.2 Å². The van der Waals surface area contributed by atoms with Gasteiger partial charge in [0, 0.05) is 11.1 Å². The number of nitrogens with zero attached hydrogens (tertiary/aromatic N) is 1. The monoisotopic (exact) mass is 378 g/mol. The summed E-state index contributed by atoms with van der Waals surface area (Å²) >= 11 is 3.31. The highest BCUT2D eigenvalue weighted by Gasteiger charge is 2.10. The normalized spacial score (nSPS) is 11.2. The van der Waals surface area contributed by atoms with Crippen LogP contribution < -0.4 is 10.2 Å². The molecular weight excluding hydrogens is 364 g/mol. The zero-order chi connectivity index (χ0) is 17.0. The average molecular weight is 379 g/mol. The Morgan fingerprint density at radius 1 is 1.22 bits per heavy atom. The van der Waals surface area contributed by atoms with E-state index in [4.69, 9.17) is 4.74 Å². The molecule has 0 aromatic heterocycles. The van der Waals surface area contributed by atoms with Crippen molar-refractivity contribution >= 4 is 27.5 Å². The summed E-state index contributed by atoms with van der Waals surface area (Å²) in [6.45, 7) is 1.61. The minimum Gasteiger partial charge on any atom is -0.508 e. The smallest absolute Gasteiger partial charge is 0.271 e. The molecule has 0 saturated carbocycles. The quantitative estimate of drug-likeness (QED) is 0.433. The summed E-state index contributed by atoms with van der Waals surface area (Å²) in [5, 5.41) is 23.2. The Balaban J connectivity index is 2.17. The molecule has 0 bridgehead atoms. The van der Waals surface area contributed by atoms with Crippen LogP contribution in [0.4, 0.5) is 0 Å². The van der Waals surface area contributed by atoms with Crippen LogP contribution in [0, 0.1) is 0 Å². The summed E-state index contributed by atoms with van der Waals surface area (Å²) in [7, 11) is 1.54. The number of phenols is 2. The van der Waals surface area contributed by atoms with Gasteiger partial charge in [-0.1, -0.05) is 0 Å². The van der Waals surface area contributed by atoms with Crippen molar-refractivity contribution in [3.63, 3.8) is 0 Å². The lowest BCUT2D eigenvalue weighted by atomic mass is 10.1. The van der Waals surface area contributed by atoms with Gasteiger partial charge in [-0.2, -0.15) is 5.10 Å². The number of hydrazone groups is 1. The summed E-state index contributed by atoms with van der Waals surface area (Å²) in [6.07, 6.45) is 0. The third-order valence-corrected chi connectivity index (χ3v) is 3.73. The van der Waals surface area contributed by atoms with E-state index in [1.165, 1.54) is 25.3 Å². The number of halogens is 1. The fraction of sp³-hybridized carbons (Fsp3) is 0.125. The van der Waals surface area contributed by atoms with Crippen molar-refractivity contribution in [2.45, 2.75) is 6.92 Å². The number of ether oxygens (including phenoxy) is 1. The lowest BCUT2D eigenvalue weighted by Crippen LogP contribution is -2.19. The van der Waals surface area contributed by atoms with Crippen molar-refractivity contribution in [3.05, 3.63) is 52.0 Å². The van der Waals surface area contributed by atoms with E-state index in [1.54, 1.807) is 25.1 Å². The first-order chi connectivity index (χ1) is 10.9. The van der Waals surface area contributed by atoms with E-state index in [2.05, 4.69) is 26.5 Å². The Hall–Kier alpha value is -2.54. The van der Waals surface area contributed by atoms with Crippen LogP contribution in [0.3, 0.4) is 0 Å². The van der Waals surface area contributed by atoms with Crippen molar-refractivity contribution in [2.75, 3.05) is 7.11 Å². The number of methoxy groups -OCH3 is 1. The average Bonchev–Trinajstić information content (AvgIpc) is 2.54. The Bertz CT molecular complexity index is 775. The lowest BCUT2D eigenvalue weighted by Gasteiger charge is -2.07. The predicted molar refractivity (Wildman–Crippen MR) is 90.1 cm³/mol. The van der Waals surface area contributed by atoms with E-state index in [1.807, 2.05) is 0 Å². The van der Waals surface area contributed by atoms with Crippen LogP contribution in [0.15, 0.2) is 46.0 Å². The van der Waals surface area contributed by atoms with Gasteiger partial charge in [-0.3, -0.25) is 4.79 Å². The molecule has 0 aliphatic rings. The number of nitrogens with one attached hydrogen (secondary N) is 1. The van der Waals surface area contributed by atoms with Crippen molar-refractivity contribution < 1.29 is 19.7 Å². The minimum atomic E-state index is -0.410. The number of hydrogen-bond donors (Lipinski definition) is 3. The van der Waals surface area contributed by atoms with E-state index in [0.717, 1.165) is 0 Å². The summed E-state index contributed by atoms with van der Waals surface area (Å²) in [5.74, 6) is 0.168.